The third kappa shape index (κ3) is 4.55. The number of hydrogen-bond donors (Lipinski definition) is 2. The van der Waals surface area contributed by atoms with Crippen LogP contribution < -0.4 is 0 Å². The molecule has 2 nitrogen and oxygen atoms in total. The minimum absolute atomic E-state index is 0.108. The summed E-state index contributed by atoms with van der Waals surface area (Å²) >= 11 is 2.26. The van der Waals surface area contributed by atoms with Gasteiger partial charge in [0, 0.05) is 32.9 Å². The van der Waals surface area contributed by atoms with E-state index in [0.29, 0.717) is 23.8 Å². The summed E-state index contributed by atoms with van der Waals surface area (Å²) in [7, 11) is 0. The summed E-state index contributed by atoms with van der Waals surface area (Å²) in [6.45, 7) is 0. The van der Waals surface area contributed by atoms with Crippen molar-refractivity contribution in [3.05, 3.63) is 105 Å². The second kappa shape index (κ2) is 8.59. The van der Waals surface area contributed by atoms with Crippen LogP contribution in [0.4, 0.5) is 0 Å². The van der Waals surface area contributed by atoms with Crippen molar-refractivity contribution in [2.24, 2.45) is 0 Å². The van der Waals surface area contributed by atoms with Gasteiger partial charge in [0.1, 0.15) is 11.5 Å². The van der Waals surface area contributed by atoms with Crippen LogP contribution in [0.25, 0.3) is 10.8 Å². The second-order valence-corrected chi connectivity index (χ2v) is 8.17. The van der Waals surface area contributed by atoms with E-state index >= 15 is 0 Å². The molecule has 0 heterocycles. The van der Waals surface area contributed by atoms with E-state index in [1.54, 1.807) is 6.07 Å². The summed E-state index contributed by atoms with van der Waals surface area (Å²) in [6.07, 6.45) is 1.15. The number of hydrogen-bond acceptors (Lipinski definition) is 2. The first-order valence-electron chi connectivity index (χ1n) is 9.35. The molecule has 0 fully saturated rings. The first kappa shape index (κ1) is 19.4. The third-order valence-corrected chi connectivity index (χ3v) is 5.58. The van der Waals surface area contributed by atoms with Crippen molar-refractivity contribution in [2.75, 3.05) is 0 Å². The molecule has 0 saturated carbocycles. The lowest BCUT2D eigenvalue weighted by Gasteiger charge is -2.11. The highest BCUT2D eigenvalue weighted by Gasteiger charge is 2.13. The van der Waals surface area contributed by atoms with Crippen LogP contribution in [0.1, 0.15) is 22.3 Å². The molecule has 2 N–H and O–H groups in total. The maximum Gasteiger partial charge on any atom is 0.130 e. The lowest BCUT2D eigenvalue weighted by molar-refractivity contribution is 0.445. The number of halogens is 1. The van der Waals surface area contributed by atoms with Crippen molar-refractivity contribution < 1.29 is 10.2 Å². The van der Waals surface area contributed by atoms with Crippen molar-refractivity contribution in [1.29, 1.82) is 0 Å². The fraction of sp³-hybridized carbons (Fsp3) is 0.0769. The molecule has 0 bridgehead atoms. The quantitative estimate of drug-likeness (QED) is 0.272. The molecule has 0 aliphatic rings. The number of phenols is 2. The summed E-state index contributed by atoms with van der Waals surface area (Å²) in [5.41, 5.74) is 3.59. The molecule has 0 unspecified atom stereocenters. The molecule has 0 aliphatic carbocycles. The molecule has 142 valence electrons. The number of benzene rings is 4. The summed E-state index contributed by atoms with van der Waals surface area (Å²) in [4.78, 5) is 0. The Hall–Kier alpha value is -2.97. The zero-order chi connectivity index (χ0) is 20.2. The first-order chi connectivity index (χ1) is 14.1. The van der Waals surface area contributed by atoms with E-state index in [0.717, 1.165) is 20.1 Å². The molecule has 3 heteroatoms. The van der Waals surface area contributed by atoms with Gasteiger partial charge in [-0.1, -0.05) is 60.4 Å². The number of fused-ring (bicyclic) bond motifs is 1. The van der Waals surface area contributed by atoms with Crippen LogP contribution in [0.5, 0.6) is 11.5 Å². The SMILES string of the molecule is Oc1cc2ccc(C#CCc3ccccc3)cc2c(O)c1Cc1ccc(I)cc1. The smallest absolute Gasteiger partial charge is 0.130 e. The van der Waals surface area contributed by atoms with E-state index in [1.165, 1.54) is 5.56 Å². The van der Waals surface area contributed by atoms with Gasteiger partial charge in [-0.15, -0.1) is 0 Å². The van der Waals surface area contributed by atoms with Gasteiger partial charge in [-0.2, -0.15) is 0 Å². The molecule has 0 amide bonds. The standard InChI is InChI=1S/C26H19IO2/c27-22-13-10-20(11-14-22)16-24-25(28)17-21-12-9-19(15-23(21)26(24)29)8-4-7-18-5-2-1-3-6-18/h1-3,5-6,9-15,17,28-29H,7,16H2. The Bertz CT molecular complexity index is 1220. The van der Waals surface area contributed by atoms with Crippen molar-refractivity contribution in [1.82, 2.24) is 0 Å². The lowest BCUT2D eigenvalue weighted by Crippen LogP contribution is -1.92. The summed E-state index contributed by atoms with van der Waals surface area (Å²) in [5.74, 6) is 6.59. The van der Waals surface area contributed by atoms with E-state index in [2.05, 4.69) is 46.6 Å². The number of phenolic OH excluding ortho intramolecular Hbond substituents is 2. The Morgan fingerprint density at radius 1 is 0.793 bits per heavy atom. The molecule has 4 rings (SSSR count). The Labute approximate surface area is 184 Å². The predicted octanol–water partition coefficient (Wildman–Crippen LogP) is 6.04. The maximum absolute atomic E-state index is 10.9. The van der Waals surface area contributed by atoms with Crippen LogP contribution in [-0.2, 0) is 12.8 Å². The summed E-state index contributed by atoms with van der Waals surface area (Å²) in [6, 6.07) is 25.6. The molecule has 0 aromatic heterocycles. The highest BCUT2D eigenvalue weighted by Crippen LogP contribution is 2.37. The van der Waals surface area contributed by atoms with E-state index in [1.807, 2.05) is 60.7 Å². The van der Waals surface area contributed by atoms with Crippen molar-refractivity contribution in [2.45, 2.75) is 12.8 Å². The molecule has 0 spiro atoms. The van der Waals surface area contributed by atoms with Crippen LogP contribution in [0.15, 0.2) is 78.9 Å². The minimum atomic E-state index is 0.108. The summed E-state index contributed by atoms with van der Waals surface area (Å²) < 4.78 is 1.15. The molecular formula is C26H19IO2. The Kier molecular flexibility index (Phi) is 5.73. The average Bonchev–Trinajstić information content (AvgIpc) is 2.74. The zero-order valence-electron chi connectivity index (χ0n) is 15.7. The Morgan fingerprint density at radius 3 is 2.31 bits per heavy atom. The van der Waals surface area contributed by atoms with E-state index in [9.17, 15) is 10.2 Å². The maximum atomic E-state index is 10.9. The molecule has 4 aromatic carbocycles. The molecule has 0 aliphatic heterocycles. The fourth-order valence-electron chi connectivity index (χ4n) is 3.31. The Morgan fingerprint density at radius 2 is 1.55 bits per heavy atom. The van der Waals surface area contributed by atoms with E-state index < -0.39 is 0 Å². The van der Waals surface area contributed by atoms with Gasteiger partial charge in [-0.3, -0.25) is 0 Å². The lowest BCUT2D eigenvalue weighted by atomic mass is 9.97. The van der Waals surface area contributed by atoms with Gasteiger partial charge in [-0.05, 0) is 69.4 Å². The van der Waals surface area contributed by atoms with Gasteiger partial charge in [-0.25, -0.2) is 0 Å². The normalized spacial score (nSPS) is 10.5. The average molecular weight is 490 g/mol. The monoisotopic (exact) mass is 490 g/mol. The van der Waals surface area contributed by atoms with Gasteiger partial charge in [0.25, 0.3) is 0 Å². The fourth-order valence-corrected chi connectivity index (χ4v) is 3.67. The first-order valence-corrected chi connectivity index (χ1v) is 10.4. The topological polar surface area (TPSA) is 40.5 Å². The van der Waals surface area contributed by atoms with Gasteiger partial charge in [0.15, 0.2) is 0 Å². The number of aromatic hydroxyl groups is 2. The third-order valence-electron chi connectivity index (χ3n) is 4.86. The van der Waals surface area contributed by atoms with E-state index in [-0.39, 0.29) is 11.5 Å². The van der Waals surface area contributed by atoms with Crippen molar-refractivity contribution >= 4 is 33.4 Å². The van der Waals surface area contributed by atoms with Crippen LogP contribution in [0, 0.1) is 15.4 Å². The van der Waals surface area contributed by atoms with Crippen LogP contribution in [-0.4, -0.2) is 10.2 Å². The minimum Gasteiger partial charge on any atom is -0.507 e. The highest BCUT2D eigenvalue weighted by atomic mass is 127. The van der Waals surface area contributed by atoms with Crippen molar-refractivity contribution in [3.8, 4) is 23.3 Å². The largest absolute Gasteiger partial charge is 0.507 e. The second-order valence-electron chi connectivity index (χ2n) is 6.93. The van der Waals surface area contributed by atoms with Crippen LogP contribution in [0.3, 0.4) is 0 Å². The highest BCUT2D eigenvalue weighted by molar-refractivity contribution is 14.1. The molecule has 0 atom stereocenters. The van der Waals surface area contributed by atoms with E-state index in [4.69, 9.17) is 0 Å². The predicted molar refractivity (Wildman–Crippen MR) is 126 cm³/mol. The van der Waals surface area contributed by atoms with Gasteiger partial charge in [0.2, 0.25) is 0 Å². The number of rotatable bonds is 3. The van der Waals surface area contributed by atoms with Crippen LogP contribution in [0.2, 0.25) is 0 Å². The Balaban J connectivity index is 1.66. The van der Waals surface area contributed by atoms with Gasteiger partial charge >= 0.3 is 0 Å². The summed E-state index contributed by atoms with van der Waals surface area (Å²) in [5, 5.41) is 22.8. The molecule has 0 radical (unpaired) electrons. The molecular weight excluding hydrogens is 471 g/mol. The zero-order valence-corrected chi connectivity index (χ0v) is 17.8. The molecule has 29 heavy (non-hydrogen) atoms. The molecule has 4 aromatic rings. The van der Waals surface area contributed by atoms with Crippen molar-refractivity contribution in [3.63, 3.8) is 0 Å². The van der Waals surface area contributed by atoms with Gasteiger partial charge in [0.05, 0.1) is 0 Å². The van der Waals surface area contributed by atoms with Gasteiger partial charge < -0.3 is 10.2 Å². The van der Waals surface area contributed by atoms with Crippen LogP contribution >= 0.6 is 22.6 Å². The molecule has 0 saturated heterocycles.